The van der Waals surface area contributed by atoms with Crippen LogP contribution in [0.3, 0.4) is 0 Å². The maximum absolute atomic E-state index is 11.3. The lowest BCUT2D eigenvalue weighted by Gasteiger charge is -2.39. The van der Waals surface area contributed by atoms with Crippen LogP contribution in [0.2, 0.25) is 0 Å². The van der Waals surface area contributed by atoms with Gasteiger partial charge in [-0.15, -0.1) is 0 Å². The van der Waals surface area contributed by atoms with Crippen LogP contribution in [0.15, 0.2) is 24.3 Å². The first kappa shape index (κ1) is 15.1. The van der Waals surface area contributed by atoms with Crippen molar-refractivity contribution >= 4 is 34.0 Å². The zero-order chi connectivity index (χ0) is 15.9. The lowest BCUT2D eigenvalue weighted by atomic mass is 10.1. The minimum Gasteiger partial charge on any atom is -0.366 e. The van der Waals surface area contributed by atoms with E-state index < -0.39 is 0 Å². The van der Waals surface area contributed by atoms with E-state index in [-0.39, 0.29) is 10.6 Å². The molecule has 2 aromatic rings. The number of aromatic nitrogens is 1. The number of nitro benzene ring substituents is 1. The molecule has 1 aromatic carbocycles. The standard InChI is InChI=1S/C16H19N3O2S/c1-10-9-15(18-7-8-22-12(3)11(18)2)13-5-4-6-14(19(20)21)16(13)17-10/h4-6,9,11-12H,7-8H2,1-3H3. The van der Waals surface area contributed by atoms with Crippen LogP contribution in [0.5, 0.6) is 0 Å². The van der Waals surface area contributed by atoms with Gasteiger partial charge in [0.25, 0.3) is 5.69 Å². The van der Waals surface area contributed by atoms with Crippen molar-refractivity contribution in [3.63, 3.8) is 0 Å². The molecule has 5 nitrogen and oxygen atoms in total. The van der Waals surface area contributed by atoms with Gasteiger partial charge in [0.15, 0.2) is 5.52 Å². The molecule has 1 aliphatic heterocycles. The molecule has 2 heterocycles. The van der Waals surface area contributed by atoms with E-state index in [1.54, 1.807) is 6.07 Å². The summed E-state index contributed by atoms with van der Waals surface area (Å²) in [7, 11) is 0. The number of anilines is 1. The first-order valence-electron chi connectivity index (χ1n) is 7.42. The monoisotopic (exact) mass is 317 g/mol. The van der Waals surface area contributed by atoms with E-state index in [1.807, 2.05) is 30.8 Å². The number of aryl methyl sites for hydroxylation is 1. The molecule has 22 heavy (non-hydrogen) atoms. The van der Waals surface area contributed by atoms with Gasteiger partial charge >= 0.3 is 0 Å². The Balaban J connectivity index is 2.21. The van der Waals surface area contributed by atoms with Gasteiger partial charge in [0.2, 0.25) is 0 Å². The topological polar surface area (TPSA) is 59.3 Å². The molecule has 0 saturated carbocycles. The van der Waals surface area contributed by atoms with Crippen molar-refractivity contribution in [2.45, 2.75) is 32.1 Å². The second-order valence-electron chi connectivity index (χ2n) is 5.72. The van der Waals surface area contributed by atoms with Crippen molar-refractivity contribution < 1.29 is 4.92 Å². The fourth-order valence-corrected chi connectivity index (χ4v) is 4.10. The number of thioether (sulfide) groups is 1. The average Bonchev–Trinajstić information content (AvgIpc) is 2.48. The Hall–Kier alpha value is -1.82. The molecule has 6 heteroatoms. The predicted octanol–water partition coefficient (Wildman–Crippen LogP) is 3.78. The normalized spacial score (nSPS) is 22.0. The molecule has 116 valence electrons. The number of para-hydroxylation sites is 1. The third kappa shape index (κ3) is 2.52. The SMILES string of the molecule is Cc1cc(N2CCSC(C)C2C)c2cccc([N+](=O)[O-])c2n1. The van der Waals surface area contributed by atoms with Crippen LogP contribution in [-0.2, 0) is 0 Å². The van der Waals surface area contributed by atoms with Crippen LogP contribution in [0.25, 0.3) is 10.9 Å². The molecular weight excluding hydrogens is 298 g/mol. The Kier molecular flexibility index (Phi) is 3.95. The maximum atomic E-state index is 11.3. The van der Waals surface area contributed by atoms with E-state index in [1.165, 1.54) is 6.07 Å². The number of nitrogens with zero attached hydrogens (tertiary/aromatic N) is 3. The predicted molar refractivity (Wildman–Crippen MR) is 91.9 cm³/mol. The molecule has 1 aromatic heterocycles. The van der Waals surface area contributed by atoms with Gasteiger partial charge in [-0.1, -0.05) is 19.1 Å². The number of pyridine rings is 1. The van der Waals surface area contributed by atoms with E-state index in [2.05, 4.69) is 23.7 Å². The second-order valence-corrected chi connectivity index (χ2v) is 7.21. The number of non-ortho nitro benzene ring substituents is 1. The Morgan fingerprint density at radius 3 is 2.91 bits per heavy atom. The number of rotatable bonds is 2. The van der Waals surface area contributed by atoms with Gasteiger partial charge in [-0.05, 0) is 19.9 Å². The minimum atomic E-state index is -0.351. The highest BCUT2D eigenvalue weighted by atomic mass is 32.2. The number of benzene rings is 1. The fraction of sp³-hybridized carbons (Fsp3) is 0.438. The highest BCUT2D eigenvalue weighted by Crippen LogP contribution is 2.36. The van der Waals surface area contributed by atoms with E-state index in [9.17, 15) is 10.1 Å². The van der Waals surface area contributed by atoms with Crippen molar-refractivity contribution in [1.82, 2.24) is 4.98 Å². The second kappa shape index (κ2) is 5.76. The molecule has 1 saturated heterocycles. The summed E-state index contributed by atoms with van der Waals surface area (Å²) >= 11 is 1.98. The van der Waals surface area contributed by atoms with Gasteiger partial charge in [-0.2, -0.15) is 11.8 Å². The quantitative estimate of drug-likeness (QED) is 0.623. The molecule has 0 radical (unpaired) electrons. The molecular formula is C16H19N3O2S. The summed E-state index contributed by atoms with van der Waals surface area (Å²) in [6, 6.07) is 7.64. The van der Waals surface area contributed by atoms with Gasteiger partial charge < -0.3 is 4.90 Å². The van der Waals surface area contributed by atoms with Gasteiger partial charge in [0.1, 0.15) is 0 Å². The summed E-state index contributed by atoms with van der Waals surface area (Å²) in [6.45, 7) is 7.31. The molecule has 0 amide bonds. The van der Waals surface area contributed by atoms with E-state index >= 15 is 0 Å². The van der Waals surface area contributed by atoms with Crippen LogP contribution in [-0.4, -0.2) is 33.5 Å². The van der Waals surface area contributed by atoms with E-state index in [0.717, 1.165) is 29.1 Å². The van der Waals surface area contributed by atoms with Crippen molar-refractivity contribution in [3.05, 3.63) is 40.1 Å². The smallest absolute Gasteiger partial charge is 0.295 e. The molecule has 1 fully saturated rings. The summed E-state index contributed by atoms with van der Waals surface area (Å²) in [6.07, 6.45) is 0. The van der Waals surface area contributed by atoms with Crippen molar-refractivity contribution in [2.75, 3.05) is 17.2 Å². The molecule has 2 unspecified atom stereocenters. The van der Waals surface area contributed by atoms with Crippen LogP contribution in [0.4, 0.5) is 11.4 Å². The van der Waals surface area contributed by atoms with Gasteiger partial charge in [0, 0.05) is 46.4 Å². The van der Waals surface area contributed by atoms with Gasteiger partial charge in [-0.25, -0.2) is 4.98 Å². The minimum absolute atomic E-state index is 0.0783. The Morgan fingerprint density at radius 1 is 1.41 bits per heavy atom. The van der Waals surface area contributed by atoms with E-state index in [0.29, 0.717) is 16.8 Å². The highest BCUT2D eigenvalue weighted by Gasteiger charge is 2.27. The number of hydrogen-bond acceptors (Lipinski definition) is 5. The molecule has 1 aliphatic rings. The number of nitro groups is 1. The molecule has 2 atom stereocenters. The molecule has 0 aliphatic carbocycles. The maximum Gasteiger partial charge on any atom is 0.295 e. The largest absolute Gasteiger partial charge is 0.366 e. The Labute approximate surface area is 133 Å². The zero-order valence-corrected chi connectivity index (χ0v) is 13.8. The third-order valence-electron chi connectivity index (χ3n) is 4.31. The fourth-order valence-electron chi connectivity index (χ4n) is 3.00. The lowest BCUT2D eigenvalue weighted by molar-refractivity contribution is -0.383. The van der Waals surface area contributed by atoms with Crippen molar-refractivity contribution in [3.8, 4) is 0 Å². The van der Waals surface area contributed by atoms with E-state index in [4.69, 9.17) is 0 Å². The first-order valence-corrected chi connectivity index (χ1v) is 8.47. The summed E-state index contributed by atoms with van der Waals surface area (Å²) in [4.78, 5) is 17.7. The summed E-state index contributed by atoms with van der Waals surface area (Å²) < 4.78 is 0. The van der Waals surface area contributed by atoms with Gasteiger partial charge in [0.05, 0.1) is 4.92 Å². The Morgan fingerprint density at radius 2 is 2.18 bits per heavy atom. The molecule has 0 N–H and O–H groups in total. The van der Waals surface area contributed by atoms with Gasteiger partial charge in [-0.3, -0.25) is 10.1 Å². The van der Waals surface area contributed by atoms with Crippen molar-refractivity contribution in [1.29, 1.82) is 0 Å². The van der Waals surface area contributed by atoms with Crippen LogP contribution < -0.4 is 4.90 Å². The summed E-state index contributed by atoms with van der Waals surface area (Å²) in [5.41, 5.74) is 2.44. The zero-order valence-electron chi connectivity index (χ0n) is 12.9. The summed E-state index contributed by atoms with van der Waals surface area (Å²) in [5.74, 6) is 1.07. The molecule has 0 spiro atoms. The van der Waals surface area contributed by atoms with Crippen molar-refractivity contribution in [2.24, 2.45) is 0 Å². The first-order chi connectivity index (χ1) is 10.5. The number of fused-ring (bicyclic) bond motifs is 1. The van der Waals surface area contributed by atoms with Crippen LogP contribution in [0, 0.1) is 17.0 Å². The summed E-state index contributed by atoms with van der Waals surface area (Å²) in [5, 5.41) is 12.7. The lowest BCUT2D eigenvalue weighted by Crippen LogP contribution is -2.44. The number of hydrogen-bond donors (Lipinski definition) is 0. The van der Waals surface area contributed by atoms with Crippen LogP contribution >= 0.6 is 11.8 Å². The molecule has 0 bridgehead atoms. The highest BCUT2D eigenvalue weighted by molar-refractivity contribution is 8.00. The Bertz CT molecular complexity index is 735. The van der Waals surface area contributed by atoms with Crippen LogP contribution in [0.1, 0.15) is 19.5 Å². The molecule has 3 rings (SSSR count). The third-order valence-corrected chi connectivity index (χ3v) is 5.65. The average molecular weight is 317 g/mol.